The maximum absolute atomic E-state index is 10.5. The normalized spacial score (nSPS) is 15.2. The molecule has 0 amide bonds. The minimum Gasteiger partial charge on any atom is -0.481 e. The van der Waals surface area contributed by atoms with Gasteiger partial charge in [-0.2, -0.15) is 0 Å². The van der Waals surface area contributed by atoms with Crippen molar-refractivity contribution in [1.29, 1.82) is 0 Å². The quantitative estimate of drug-likeness (QED) is 0.777. The van der Waals surface area contributed by atoms with Gasteiger partial charge in [0.1, 0.15) is 0 Å². The highest BCUT2D eigenvalue weighted by Crippen LogP contribution is 2.21. The van der Waals surface area contributed by atoms with E-state index in [0.29, 0.717) is 5.69 Å². The second-order valence-electron chi connectivity index (χ2n) is 4.50. The third kappa shape index (κ3) is 4.14. The molecule has 1 aromatic rings. The summed E-state index contributed by atoms with van der Waals surface area (Å²) in [6.45, 7) is 0.881. The Kier molecular flexibility index (Phi) is 4.75. The van der Waals surface area contributed by atoms with Crippen molar-refractivity contribution in [3.8, 4) is 0 Å². The molecule has 0 aromatic carbocycles. The molecule has 0 unspecified atom stereocenters. The maximum atomic E-state index is 10.5. The molecule has 1 heterocycles. The number of nitrogens with one attached hydrogen (secondary N) is 1. The van der Waals surface area contributed by atoms with Crippen LogP contribution in [0.4, 0.5) is 5.13 Å². The summed E-state index contributed by atoms with van der Waals surface area (Å²) >= 11 is 1.47. The van der Waals surface area contributed by atoms with Gasteiger partial charge in [-0.15, -0.1) is 11.3 Å². The van der Waals surface area contributed by atoms with E-state index in [-0.39, 0.29) is 6.42 Å². The first kappa shape index (κ1) is 13.1. The van der Waals surface area contributed by atoms with Crippen LogP contribution in [0, 0.1) is 0 Å². The van der Waals surface area contributed by atoms with Crippen LogP contribution in [0.15, 0.2) is 17.0 Å². The molecule has 1 aliphatic rings. The van der Waals surface area contributed by atoms with Gasteiger partial charge in [-0.05, 0) is 32.1 Å². The van der Waals surface area contributed by atoms with Crippen molar-refractivity contribution in [3.63, 3.8) is 0 Å². The zero-order valence-electron chi connectivity index (χ0n) is 10.3. The Hall–Kier alpha value is -1.36. The number of nitrogens with zero attached hydrogens (tertiary/aromatic N) is 1. The Morgan fingerprint density at radius 3 is 3.11 bits per heavy atom. The molecule has 0 fully saturated rings. The Balaban J connectivity index is 1.74. The number of allylic oxidation sites excluding steroid dienone is 1. The average molecular weight is 266 g/mol. The average Bonchev–Trinajstić information content (AvgIpc) is 2.77. The van der Waals surface area contributed by atoms with Gasteiger partial charge in [0.25, 0.3) is 0 Å². The SMILES string of the molecule is O=C(O)Cc1csc(NCCC2=CCCCC2)n1. The molecule has 2 N–H and O–H groups in total. The standard InChI is InChI=1S/C13H18N2O2S/c16-12(17)8-11-9-18-13(15-11)14-7-6-10-4-2-1-3-5-10/h4,9H,1-3,5-8H2,(H,14,15)(H,16,17). The predicted octanol–water partition coefficient (Wildman–Crippen LogP) is 3.07. The van der Waals surface area contributed by atoms with Crippen LogP contribution < -0.4 is 5.32 Å². The molecule has 1 aliphatic carbocycles. The van der Waals surface area contributed by atoms with Crippen molar-refractivity contribution in [3.05, 3.63) is 22.7 Å². The van der Waals surface area contributed by atoms with Gasteiger partial charge < -0.3 is 10.4 Å². The molecule has 5 heteroatoms. The highest BCUT2D eigenvalue weighted by molar-refractivity contribution is 7.13. The number of hydrogen-bond acceptors (Lipinski definition) is 4. The summed E-state index contributed by atoms with van der Waals surface area (Å²) in [5.74, 6) is -0.834. The van der Waals surface area contributed by atoms with Gasteiger partial charge in [0, 0.05) is 11.9 Å². The number of carbonyl (C=O) groups is 1. The molecule has 0 saturated heterocycles. The number of anilines is 1. The summed E-state index contributed by atoms with van der Waals surface area (Å²) in [4.78, 5) is 14.8. The second kappa shape index (κ2) is 6.54. The van der Waals surface area contributed by atoms with Crippen molar-refractivity contribution < 1.29 is 9.90 Å². The highest BCUT2D eigenvalue weighted by Gasteiger charge is 2.06. The fraction of sp³-hybridized carbons (Fsp3) is 0.538. The van der Waals surface area contributed by atoms with Crippen molar-refractivity contribution in [1.82, 2.24) is 4.98 Å². The van der Waals surface area contributed by atoms with Gasteiger partial charge in [0.05, 0.1) is 12.1 Å². The number of aromatic nitrogens is 1. The number of carboxylic acid groups (broad SMARTS) is 1. The monoisotopic (exact) mass is 266 g/mol. The van der Waals surface area contributed by atoms with Crippen LogP contribution in [-0.4, -0.2) is 22.6 Å². The molecule has 0 atom stereocenters. The predicted molar refractivity (Wildman–Crippen MR) is 73.1 cm³/mol. The third-order valence-electron chi connectivity index (χ3n) is 2.99. The van der Waals surface area contributed by atoms with Crippen LogP contribution in [0.1, 0.15) is 37.8 Å². The van der Waals surface area contributed by atoms with Gasteiger partial charge in [0.15, 0.2) is 5.13 Å². The highest BCUT2D eigenvalue weighted by atomic mass is 32.1. The summed E-state index contributed by atoms with van der Waals surface area (Å²) in [5.41, 5.74) is 2.17. The molecule has 98 valence electrons. The molecular weight excluding hydrogens is 248 g/mol. The van der Waals surface area contributed by atoms with Gasteiger partial charge in [-0.3, -0.25) is 4.79 Å². The van der Waals surface area contributed by atoms with Gasteiger partial charge in [-0.1, -0.05) is 11.6 Å². The summed E-state index contributed by atoms with van der Waals surface area (Å²) in [7, 11) is 0. The molecule has 0 aliphatic heterocycles. The fourth-order valence-electron chi connectivity index (χ4n) is 2.09. The molecule has 18 heavy (non-hydrogen) atoms. The van der Waals surface area contributed by atoms with E-state index in [1.54, 1.807) is 5.38 Å². The summed E-state index contributed by atoms with van der Waals surface area (Å²) < 4.78 is 0. The molecular formula is C13H18N2O2S. The summed E-state index contributed by atoms with van der Waals surface area (Å²) in [6.07, 6.45) is 8.49. The molecule has 4 nitrogen and oxygen atoms in total. The summed E-state index contributed by atoms with van der Waals surface area (Å²) in [5, 5.41) is 14.5. The Morgan fingerprint density at radius 1 is 1.50 bits per heavy atom. The lowest BCUT2D eigenvalue weighted by Crippen LogP contribution is -2.05. The molecule has 1 aromatic heterocycles. The lowest BCUT2D eigenvalue weighted by molar-refractivity contribution is -0.136. The molecule has 0 saturated carbocycles. The van der Waals surface area contributed by atoms with Crippen LogP contribution in [-0.2, 0) is 11.2 Å². The van der Waals surface area contributed by atoms with Crippen molar-refractivity contribution >= 4 is 22.4 Å². The van der Waals surface area contributed by atoms with Gasteiger partial charge in [0.2, 0.25) is 0 Å². The van der Waals surface area contributed by atoms with E-state index in [0.717, 1.165) is 18.1 Å². The Morgan fingerprint density at radius 2 is 2.39 bits per heavy atom. The number of rotatable bonds is 6. The van der Waals surface area contributed by atoms with E-state index in [9.17, 15) is 4.79 Å². The molecule has 0 bridgehead atoms. The summed E-state index contributed by atoms with van der Waals surface area (Å²) in [6, 6.07) is 0. The number of aliphatic carboxylic acids is 1. The first-order chi connectivity index (χ1) is 8.74. The maximum Gasteiger partial charge on any atom is 0.309 e. The van der Waals surface area contributed by atoms with Crippen LogP contribution in [0.3, 0.4) is 0 Å². The van der Waals surface area contributed by atoms with Crippen molar-refractivity contribution in [2.24, 2.45) is 0 Å². The minimum absolute atomic E-state index is 0.00331. The molecule has 2 rings (SSSR count). The third-order valence-corrected chi connectivity index (χ3v) is 3.84. The Bertz CT molecular complexity index is 440. The van der Waals surface area contributed by atoms with Crippen LogP contribution in [0.25, 0.3) is 0 Å². The zero-order chi connectivity index (χ0) is 12.8. The first-order valence-electron chi connectivity index (χ1n) is 6.32. The first-order valence-corrected chi connectivity index (χ1v) is 7.20. The van der Waals surface area contributed by atoms with E-state index < -0.39 is 5.97 Å². The minimum atomic E-state index is -0.834. The number of thiazole rings is 1. The van der Waals surface area contributed by atoms with Crippen molar-refractivity contribution in [2.75, 3.05) is 11.9 Å². The zero-order valence-corrected chi connectivity index (χ0v) is 11.1. The van der Waals surface area contributed by atoms with Crippen LogP contribution in [0.5, 0.6) is 0 Å². The Labute approximate surface area is 111 Å². The second-order valence-corrected chi connectivity index (χ2v) is 5.36. The molecule has 0 spiro atoms. The van der Waals surface area contributed by atoms with Crippen molar-refractivity contribution in [2.45, 2.75) is 38.5 Å². The largest absolute Gasteiger partial charge is 0.481 e. The smallest absolute Gasteiger partial charge is 0.309 e. The van der Waals surface area contributed by atoms with Crippen LogP contribution >= 0.6 is 11.3 Å². The van der Waals surface area contributed by atoms with Gasteiger partial charge in [-0.25, -0.2) is 4.98 Å². The van der Waals surface area contributed by atoms with E-state index in [4.69, 9.17) is 5.11 Å². The topological polar surface area (TPSA) is 62.2 Å². The lowest BCUT2D eigenvalue weighted by Gasteiger charge is -2.12. The molecule has 0 radical (unpaired) electrons. The van der Waals surface area contributed by atoms with E-state index in [1.807, 2.05) is 0 Å². The van der Waals surface area contributed by atoms with Crippen LogP contribution in [0.2, 0.25) is 0 Å². The van der Waals surface area contributed by atoms with E-state index >= 15 is 0 Å². The lowest BCUT2D eigenvalue weighted by atomic mass is 9.97. The van der Waals surface area contributed by atoms with E-state index in [2.05, 4.69) is 16.4 Å². The fourth-order valence-corrected chi connectivity index (χ4v) is 2.83. The van der Waals surface area contributed by atoms with E-state index in [1.165, 1.54) is 42.6 Å². The number of carboxylic acids is 1. The number of hydrogen-bond donors (Lipinski definition) is 2. The van der Waals surface area contributed by atoms with Gasteiger partial charge >= 0.3 is 5.97 Å².